The third kappa shape index (κ3) is 46.3. The molecule has 2 atom stereocenters. The average Bonchev–Trinajstić information content (AvgIpc) is 3.32. The molecule has 0 radical (unpaired) electrons. The minimum Gasteiger partial charge on any atom is -0.465 e. The summed E-state index contributed by atoms with van der Waals surface area (Å²) in [5, 5.41) is 9.35. The summed E-state index contributed by atoms with van der Waals surface area (Å²) in [6.45, 7) is 15.7. The van der Waals surface area contributed by atoms with Crippen LogP contribution in [0.5, 0.6) is 0 Å². The van der Waals surface area contributed by atoms with Crippen LogP contribution in [0.1, 0.15) is 310 Å². The van der Waals surface area contributed by atoms with Crippen LogP contribution in [0, 0.1) is 11.8 Å². The van der Waals surface area contributed by atoms with E-state index in [9.17, 15) is 14.7 Å². The zero-order valence-corrected chi connectivity index (χ0v) is 45.0. The Labute approximate surface area is 413 Å². The first-order valence-electron chi connectivity index (χ1n) is 29.8. The second-order valence-electron chi connectivity index (χ2n) is 20.6. The van der Waals surface area contributed by atoms with Gasteiger partial charge >= 0.3 is 11.9 Å². The van der Waals surface area contributed by atoms with Gasteiger partial charge in [-0.1, -0.05) is 239 Å². The van der Waals surface area contributed by atoms with E-state index in [-0.39, 0.29) is 23.8 Å². The number of aliphatic hydroxyl groups is 1. The number of hydrogen-bond donors (Lipinski definition) is 1. The van der Waals surface area contributed by atoms with Crippen LogP contribution in [-0.2, 0) is 19.1 Å². The SMILES string of the molecule is C=CCCCCCCC(CCCCCC)C(=O)OCCCCCCCCCCCCN(CCCCO)CCCCCCCCCCCCOC(=O)C(CCCCCC)CCCCCCCC. The molecule has 0 spiro atoms. The van der Waals surface area contributed by atoms with Crippen molar-refractivity contribution >= 4 is 11.9 Å². The second kappa shape index (κ2) is 54.5. The molecule has 0 aromatic rings. The number of carbonyl (C=O) groups is 2. The van der Waals surface area contributed by atoms with Crippen LogP contribution in [0.4, 0.5) is 0 Å². The van der Waals surface area contributed by atoms with Crippen molar-refractivity contribution in [3.8, 4) is 0 Å². The van der Waals surface area contributed by atoms with Crippen molar-refractivity contribution < 1.29 is 24.2 Å². The van der Waals surface area contributed by atoms with E-state index in [1.165, 1.54) is 231 Å². The molecule has 0 aromatic carbocycles. The number of carbonyl (C=O) groups excluding carboxylic acids is 2. The monoisotopic (exact) mass is 932 g/mol. The molecule has 1 N–H and O–H groups in total. The number of unbranched alkanes of at least 4 members (excludes halogenated alkanes) is 34. The Morgan fingerprint density at radius 2 is 0.667 bits per heavy atom. The quantitative estimate of drug-likeness (QED) is 0.0372. The Hall–Kier alpha value is -1.40. The van der Waals surface area contributed by atoms with Crippen molar-refractivity contribution in [2.75, 3.05) is 39.5 Å². The zero-order chi connectivity index (χ0) is 48.1. The summed E-state index contributed by atoms with van der Waals surface area (Å²) in [4.78, 5) is 28.5. The molecule has 6 nitrogen and oxygen atoms in total. The van der Waals surface area contributed by atoms with Gasteiger partial charge in [0.2, 0.25) is 0 Å². The van der Waals surface area contributed by atoms with Crippen molar-refractivity contribution in [3.63, 3.8) is 0 Å². The summed E-state index contributed by atoms with van der Waals surface area (Å²) in [6.07, 6.45) is 57.0. The maximum atomic E-state index is 12.9. The topological polar surface area (TPSA) is 76.1 Å². The fraction of sp³-hybridized carbons (Fsp3) is 0.933. The van der Waals surface area contributed by atoms with Gasteiger partial charge in [-0.3, -0.25) is 9.59 Å². The van der Waals surface area contributed by atoms with Crippen LogP contribution in [0.2, 0.25) is 0 Å². The van der Waals surface area contributed by atoms with Crippen LogP contribution in [0.25, 0.3) is 0 Å². The summed E-state index contributed by atoms with van der Waals surface area (Å²) >= 11 is 0. The summed E-state index contributed by atoms with van der Waals surface area (Å²) in [5.41, 5.74) is 0. The Morgan fingerprint density at radius 1 is 0.394 bits per heavy atom. The molecule has 0 bridgehead atoms. The second-order valence-corrected chi connectivity index (χ2v) is 20.6. The number of esters is 2. The predicted molar refractivity (Wildman–Crippen MR) is 287 cm³/mol. The summed E-state index contributed by atoms with van der Waals surface area (Å²) in [6, 6.07) is 0. The van der Waals surface area contributed by atoms with Crippen LogP contribution in [0.15, 0.2) is 12.7 Å². The third-order valence-corrected chi connectivity index (χ3v) is 14.2. The van der Waals surface area contributed by atoms with E-state index in [4.69, 9.17) is 9.47 Å². The average molecular weight is 933 g/mol. The lowest BCUT2D eigenvalue weighted by Crippen LogP contribution is -2.27. The Bertz CT molecular complexity index is 988. The lowest BCUT2D eigenvalue weighted by atomic mass is 9.94. The van der Waals surface area contributed by atoms with E-state index in [1.54, 1.807) is 0 Å². The smallest absolute Gasteiger partial charge is 0.308 e. The molecule has 0 heterocycles. The molecular formula is C60H117NO5. The number of aliphatic hydroxyl groups excluding tert-OH is 1. The summed E-state index contributed by atoms with van der Waals surface area (Å²) < 4.78 is 11.6. The van der Waals surface area contributed by atoms with Crippen LogP contribution < -0.4 is 0 Å². The molecular weight excluding hydrogens is 815 g/mol. The molecule has 0 aliphatic carbocycles. The van der Waals surface area contributed by atoms with Crippen molar-refractivity contribution in [2.45, 2.75) is 310 Å². The number of ether oxygens (including phenoxy) is 2. The Morgan fingerprint density at radius 3 is 1.00 bits per heavy atom. The van der Waals surface area contributed by atoms with E-state index in [1.807, 2.05) is 6.08 Å². The minimum atomic E-state index is 0.0679. The third-order valence-electron chi connectivity index (χ3n) is 14.2. The highest BCUT2D eigenvalue weighted by Crippen LogP contribution is 2.23. The van der Waals surface area contributed by atoms with Gasteiger partial charge in [0.1, 0.15) is 0 Å². The zero-order valence-electron chi connectivity index (χ0n) is 45.0. The molecule has 66 heavy (non-hydrogen) atoms. The first-order chi connectivity index (χ1) is 32.5. The van der Waals surface area contributed by atoms with Crippen molar-refractivity contribution in [1.29, 1.82) is 0 Å². The summed E-state index contributed by atoms with van der Waals surface area (Å²) in [5.74, 6) is 0.371. The maximum absolute atomic E-state index is 12.9. The number of rotatable bonds is 56. The van der Waals surface area contributed by atoms with Gasteiger partial charge in [-0.05, 0) is 96.7 Å². The van der Waals surface area contributed by atoms with Crippen LogP contribution >= 0.6 is 0 Å². The molecule has 0 aliphatic heterocycles. The molecule has 0 aliphatic rings. The first-order valence-corrected chi connectivity index (χ1v) is 29.8. The number of nitrogens with zero attached hydrogens (tertiary/aromatic N) is 1. The van der Waals surface area contributed by atoms with Gasteiger partial charge in [0.25, 0.3) is 0 Å². The fourth-order valence-corrected chi connectivity index (χ4v) is 9.67. The van der Waals surface area contributed by atoms with Crippen molar-refractivity contribution in [2.24, 2.45) is 11.8 Å². The highest BCUT2D eigenvalue weighted by Gasteiger charge is 2.20. The van der Waals surface area contributed by atoms with Gasteiger partial charge in [0.15, 0.2) is 0 Å². The largest absolute Gasteiger partial charge is 0.465 e. The summed E-state index contributed by atoms with van der Waals surface area (Å²) in [7, 11) is 0. The molecule has 0 saturated heterocycles. The van der Waals surface area contributed by atoms with Crippen molar-refractivity contribution in [1.82, 2.24) is 4.90 Å². The highest BCUT2D eigenvalue weighted by atomic mass is 16.5. The predicted octanol–water partition coefficient (Wildman–Crippen LogP) is 18.4. The molecule has 6 heteroatoms. The van der Waals surface area contributed by atoms with Crippen molar-refractivity contribution in [3.05, 3.63) is 12.7 Å². The molecule has 0 fully saturated rings. The highest BCUT2D eigenvalue weighted by molar-refractivity contribution is 5.72. The maximum Gasteiger partial charge on any atom is 0.308 e. The van der Waals surface area contributed by atoms with Gasteiger partial charge in [0, 0.05) is 6.61 Å². The van der Waals surface area contributed by atoms with Gasteiger partial charge < -0.3 is 19.5 Å². The minimum absolute atomic E-state index is 0.0679. The molecule has 0 saturated carbocycles. The van der Waals surface area contributed by atoms with E-state index in [0.29, 0.717) is 19.8 Å². The normalized spacial score (nSPS) is 12.5. The van der Waals surface area contributed by atoms with E-state index in [2.05, 4.69) is 32.3 Å². The fourth-order valence-electron chi connectivity index (χ4n) is 9.67. The molecule has 0 rings (SSSR count). The molecule has 0 aromatic heterocycles. The van der Waals surface area contributed by atoms with Crippen LogP contribution in [0.3, 0.4) is 0 Å². The lowest BCUT2D eigenvalue weighted by Gasteiger charge is -2.22. The lowest BCUT2D eigenvalue weighted by molar-refractivity contribution is -0.150. The molecule has 392 valence electrons. The Kier molecular flexibility index (Phi) is 53.4. The number of allylic oxidation sites excluding steroid dienone is 1. The van der Waals surface area contributed by atoms with Gasteiger partial charge in [-0.2, -0.15) is 0 Å². The van der Waals surface area contributed by atoms with E-state index < -0.39 is 0 Å². The molecule has 2 unspecified atom stereocenters. The Balaban J connectivity index is 3.97. The first kappa shape index (κ1) is 64.6. The van der Waals surface area contributed by atoms with Crippen LogP contribution in [-0.4, -0.2) is 61.4 Å². The van der Waals surface area contributed by atoms with Gasteiger partial charge in [-0.25, -0.2) is 0 Å². The van der Waals surface area contributed by atoms with E-state index in [0.717, 1.165) is 77.2 Å². The molecule has 0 amide bonds. The van der Waals surface area contributed by atoms with Gasteiger partial charge in [-0.15, -0.1) is 6.58 Å². The number of hydrogen-bond acceptors (Lipinski definition) is 6. The van der Waals surface area contributed by atoms with Gasteiger partial charge in [0.05, 0.1) is 25.0 Å². The standard InChI is InChI=1S/C60H117NO5/c1-5-9-13-17-31-39-49-57(47-37-15-11-7-3)59(63)65-55-45-35-29-25-21-19-23-27-33-41-51-61(53-43-44-54-62)52-42-34-28-24-20-22-26-30-36-46-56-66-60(64)58(48-38-16-12-8-4)50-40-32-18-14-10-6-2/h5,57-58,62H,1,6-56H2,2-4H3. The van der Waals surface area contributed by atoms with E-state index >= 15 is 0 Å².